The minimum Gasteiger partial charge on any atom is -0.361 e. The molecule has 9 heteroatoms. The third-order valence-corrected chi connectivity index (χ3v) is 8.97. The van der Waals surface area contributed by atoms with Crippen molar-refractivity contribution in [2.75, 3.05) is 6.26 Å². The molecule has 1 aliphatic rings. The van der Waals surface area contributed by atoms with Crippen molar-refractivity contribution in [3.63, 3.8) is 0 Å². The lowest BCUT2D eigenvalue weighted by Gasteiger charge is -2.08. The minimum atomic E-state index is -3.57. The molecule has 0 bridgehead atoms. The molecule has 0 spiro atoms. The molecular weight excluding hydrogens is 424 g/mol. The number of hydrogen-bond acceptors (Lipinski definition) is 6. The number of hydrogen-bond donors (Lipinski definition) is 0. The van der Waals surface area contributed by atoms with Gasteiger partial charge in [-0.15, -0.1) is 0 Å². The first kappa shape index (κ1) is 19.3. The van der Waals surface area contributed by atoms with Crippen molar-refractivity contribution < 1.29 is 21.4 Å². The maximum Gasteiger partial charge on any atom is 0.242 e. The molecule has 0 atom stereocenters. The second kappa shape index (κ2) is 6.18. The maximum atomic E-state index is 13.2. The highest BCUT2D eigenvalue weighted by Gasteiger charge is 2.38. The summed E-state index contributed by atoms with van der Waals surface area (Å²) in [5.74, 6) is 0.665. The van der Waals surface area contributed by atoms with E-state index in [-0.39, 0.29) is 4.90 Å². The first-order chi connectivity index (χ1) is 14.1. The molecule has 30 heavy (non-hydrogen) atoms. The van der Waals surface area contributed by atoms with Crippen molar-refractivity contribution in [3.8, 4) is 11.1 Å². The van der Waals surface area contributed by atoms with Crippen LogP contribution in [0.15, 0.2) is 45.8 Å². The van der Waals surface area contributed by atoms with Crippen LogP contribution in [0.1, 0.15) is 24.3 Å². The van der Waals surface area contributed by atoms with Crippen LogP contribution < -0.4 is 0 Å². The van der Waals surface area contributed by atoms with E-state index in [1.807, 2.05) is 26.0 Å². The van der Waals surface area contributed by atoms with Gasteiger partial charge in [0.2, 0.25) is 10.0 Å². The molecule has 0 N–H and O–H groups in total. The number of nitrogens with zero attached hydrogens (tertiary/aromatic N) is 2. The average molecular weight is 445 g/mol. The number of rotatable bonds is 4. The molecule has 1 fully saturated rings. The van der Waals surface area contributed by atoms with Gasteiger partial charge in [-0.25, -0.2) is 20.8 Å². The van der Waals surface area contributed by atoms with E-state index < -0.39 is 25.1 Å². The summed E-state index contributed by atoms with van der Waals surface area (Å²) in [5, 5.41) is 4.87. The van der Waals surface area contributed by atoms with Crippen LogP contribution in [0.25, 0.3) is 32.9 Å². The van der Waals surface area contributed by atoms with Crippen LogP contribution in [0, 0.1) is 13.8 Å². The van der Waals surface area contributed by atoms with E-state index in [2.05, 4.69) is 5.16 Å². The molecule has 1 aliphatic carbocycles. The molecule has 4 aromatic rings. The third-order valence-electron chi connectivity index (χ3n) is 5.64. The molecule has 1 saturated carbocycles. The minimum absolute atomic E-state index is 0.153. The summed E-state index contributed by atoms with van der Waals surface area (Å²) in [6.45, 7) is 3.67. The van der Waals surface area contributed by atoms with Gasteiger partial charge in [-0.2, -0.15) is 0 Å². The van der Waals surface area contributed by atoms with E-state index in [0.717, 1.165) is 23.1 Å². The summed E-state index contributed by atoms with van der Waals surface area (Å²) >= 11 is 0. The van der Waals surface area contributed by atoms with Crippen molar-refractivity contribution in [1.29, 1.82) is 0 Å². The van der Waals surface area contributed by atoms with E-state index >= 15 is 0 Å². The first-order valence-electron chi connectivity index (χ1n) is 9.55. The first-order valence-corrected chi connectivity index (χ1v) is 12.9. The van der Waals surface area contributed by atoms with Crippen molar-refractivity contribution in [3.05, 3.63) is 47.9 Å². The second-order valence-corrected chi connectivity index (χ2v) is 12.0. The van der Waals surface area contributed by atoms with Crippen molar-refractivity contribution in [2.45, 2.75) is 36.8 Å². The van der Waals surface area contributed by atoms with Crippen LogP contribution in [-0.4, -0.2) is 37.5 Å². The summed E-state index contributed by atoms with van der Waals surface area (Å²) in [6, 6.07) is 10.1. The van der Waals surface area contributed by atoms with Crippen LogP contribution in [0.4, 0.5) is 0 Å². The molecule has 5 rings (SSSR count). The summed E-state index contributed by atoms with van der Waals surface area (Å²) in [5.41, 5.74) is 3.45. The zero-order valence-electron chi connectivity index (χ0n) is 16.7. The molecule has 0 amide bonds. The molecule has 156 valence electrons. The fourth-order valence-electron chi connectivity index (χ4n) is 4.04. The largest absolute Gasteiger partial charge is 0.361 e. The fraction of sp³-hybridized carbons (Fsp3) is 0.286. The van der Waals surface area contributed by atoms with Crippen molar-refractivity contribution >= 4 is 41.7 Å². The zero-order chi connectivity index (χ0) is 21.4. The van der Waals surface area contributed by atoms with Crippen molar-refractivity contribution in [1.82, 2.24) is 9.13 Å². The Morgan fingerprint density at radius 3 is 2.17 bits per heavy atom. The van der Waals surface area contributed by atoms with Gasteiger partial charge in [0.05, 0.1) is 26.9 Å². The van der Waals surface area contributed by atoms with E-state index in [9.17, 15) is 16.8 Å². The summed E-state index contributed by atoms with van der Waals surface area (Å²) in [6.07, 6.45) is 2.42. The summed E-state index contributed by atoms with van der Waals surface area (Å²) in [4.78, 5) is 0.153. The monoisotopic (exact) mass is 444 g/mol. The lowest BCUT2D eigenvalue weighted by Crippen LogP contribution is -2.17. The Kier molecular flexibility index (Phi) is 3.98. The van der Waals surface area contributed by atoms with Crippen LogP contribution in [-0.2, 0) is 19.9 Å². The quantitative estimate of drug-likeness (QED) is 0.475. The van der Waals surface area contributed by atoms with E-state index in [0.29, 0.717) is 40.4 Å². The predicted molar refractivity (Wildman–Crippen MR) is 115 cm³/mol. The molecular formula is C21H20N2O5S2. The number of benzene rings is 2. The Labute approximate surface area is 174 Å². The SMILES string of the molecule is Cc1noc(C)c1-c1ccc2c(c1)c1cc(S(C)(=O)=O)ccc1n2S(=O)(=O)C1CC1. The van der Waals surface area contributed by atoms with Gasteiger partial charge < -0.3 is 4.52 Å². The van der Waals surface area contributed by atoms with Crippen LogP contribution in [0.2, 0.25) is 0 Å². The molecule has 0 aliphatic heterocycles. The molecule has 7 nitrogen and oxygen atoms in total. The Bertz CT molecular complexity index is 1540. The lowest BCUT2D eigenvalue weighted by atomic mass is 10.0. The third kappa shape index (κ3) is 2.79. The van der Waals surface area contributed by atoms with Gasteiger partial charge >= 0.3 is 0 Å². The Morgan fingerprint density at radius 2 is 1.60 bits per heavy atom. The van der Waals surface area contributed by atoms with Gasteiger partial charge in [0.25, 0.3) is 0 Å². The number of aromatic nitrogens is 2. The molecule has 0 saturated heterocycles. The lowest BCUT2D eigenvalue weighted by molar-refractivity contribution is 0.393. The van der Waals surface area contributed by atoms with Crippen LogP contribution >= 0.6 is 0 Å². The zero-order valence-corrected chi connectivity index (χ0v) is 18.3. The molecule has 2 heterocycles. The molecule has 2 aromatic carbocycles. The topological polar surface area (TPSA) is 99.2 Å². The average Bonchev–Trinajstić information content (AvgIpc) is 3.42. The van der Waals surface area contributed by atoms with E-state index in [1.165, 1.54) is 10.0 Å². The number of aryl methyl sites for hydroxylation is 2. The van der Waals surface area contributed by atoms with Gasteiger partial charge in [0, 0.05) is 22.6 Å². The van der Waals surface area contributed by atoms with Gasteiger partial charge in [0.15, 0.2) is 9.84 Å². The molecule has 0 unspecified atom stereocenters. The predicted octanol–water partition coefficient (Wildman–Crippen LogP) is 3.81. The highest BCUT2D eigenvalue weighted by molar-refractivity contribution is 7.91. The van der Waals surface area contributed by atoms with Gasteiger partial charge in [-0.05, 0) is 62.6 Å². The van der Waals surface area contributed by atoms with Crippen LogP contribution in [0.5, 0.6) is 0 Å². The smallest absolute Gasteiger partial charge is 0.242 e. The summed E-state index contributed by atoms with van der Waals surface area (Å²) in [7, 11) is -7.01. The number of fused-ring (bicyclic) bond motifs is 3. The van der Waals surface area contributed by atoms with Gasteiger partial charge in [0.1, 0.15) is 5.76 Å². The second-order valence-electron chi connectivity index (χ2n) is 7.89. The Hall–Kier alpha value is -2.65. The Morgan fingerprint density at radius 1 is 0.967 bits per heavy atom. The van der Waals surface area contributed by atoms with Gasteiger partial charge in [-0.1, -0.05) is 11.2 Å². The van der Waals surface area contributed by atoms with E-state index in [4.69, 9.17) is 4.52 Å². The fourth-order valence-corrected chi connectivity index (χ4v) is 6.58. The van der Waals surface area contributed by atoms with Crippen molar-refractivity contribution in [2.24, 2.45) is 0 Å². The normalized spacial score (nSPS) is 15.3. The van der Waals surface area contributed by atoms with E-state index in [1.54, 1.807) is 18.2 Å². The maximum absolute atomic E-state index is 13.2. The molecule has 2 aromatic heterocycles. The Balaban J connectivity index is 1.90. The van der Waals surface area contributed by atoms with Crippen LogP contribution in [0.3, 0.4) is 0 Å². The number of sulfone groups is 1. The standard InChI is InChI=1S/C21H20N2O5S2/c1-12-21(13(2)28-22-12)14-4-8-19-17(10-14)18-11-16(29(3,24)25)7-9-20(18)23(19)30(26,27)15-5-6-15/h4,7-11,15H,5-6H2,1-3H3. The highest BCUT2D eigenvalue weighted by atomic mass is 32.2. The molecule has 0 radical (unpaired) electrons. The summed E-state index contributed by atoms with van der Waals surface area (Å²) < 4.78 is 57.3. The highest BCUT2D eigenvalue weighted by Crippen LogP contribution is 2.39. The van der Waals surface area contributed by atoms with Gasteiger partial charge in [-0.3, -0.25) is 0 Å².